The maximum Gasteiger partial charge on any atom is 0.416 e. The fourth-order valence-corrected chi connectivity index (χ4v) is 5.80. The lowest BCUT2D eigenvalue weighted by Crippen LogP contribution is -2.46. The Morgan fingerprint density at radius 3 is 2.33 bits per heavy atom. The molecule has 0 radical (unpaired) electrons. The number of piperazine rings is 1. The Kier molecular flexibility index (Phi) is 10.7. The van der Waals surface area contributed by atoms with Crippen LogP contribution in [0.5, 0.6) is 0 Å². The van der Waals surface area contributed by atoms with Gasteiger partial charge in [-0.1, -0.05) is 30.7 Å². The van der Waals surface area contributed by atoms with Crippen molar-refractivity contribution in [2.45, 2.75) is 51.5 Å². The monoisotopic (exact) mass is 580 g/mol. The minimum atomic E-state index is -4.31. The second kappa shape index (κ2) is 14.0. The van der Waals surface area contributed by atoms with Crippen molar-refractivity contribution in [2.24, 2.45) is 0 Å². The zero-order valence-corrected chi connectivity index (χ0v) is 23.8. The number of benzene rings is 2. The molecule has 2 fully saturated rings. The van der Waals surface area contributed by atoms with Crippen molar-refractivity contribution < 1.29 is 22.7 Å². The number of carbonyl (C=O) groups excluding carboxylic acids is 1. The highest BCUT2D eigenvalue weighted by molar-refractivity contribution is 5.85. The molecule has 0 aliphatic carbocycles. The van der Waals surface area contributed by atoms with Crippen LogP contribution in [0.3, 0.4) is 0 Å². The van der Waals surface area contributed by atoms with Gasteiger partial charge < -0.3 is 14.5 Å². The Morgan fingerprint density at radius 1 is 0.825 bits per heavy atom. The first-order valence-electron chi connectivity index (χ1n) is 14.2. The standard InChI is InChI=1S/C30H39F3N4O2.ClH/c31-30(32,33)27-5-4-6-28(20-27)36-13-11-34(12-14-36)10-3-1-2-7-29(38)37-22-25-9-8-24(19-26(25)23-37)21-35-15-17-39-18-16-35;/h4-6,8-9,19-20H,1-3,7,10-18,21-23H2;1H. The zero-order chi connectivity index (χ0) is 27.2. The van der Waals surface area contributed by atoms with Gasteiger partial charge in [0.2, 0.25) is 5.91 Å². The normalized spacial score (nSPS) is 18.5. The van der Waals surface area contributed by atoms with Gasteiger partial charge in [-0.2, -0.15) is 13.2 Å². The minimum absolute atomic E-state index is 0. The van der Waals surface area contributed by atoms with Crippen LogP contribution >= 0.6 is 12.4 Å². The van der Waals surface area contributed by atoms with Crippen LogP contribution in [-0.2, 0) is 35.3 Å². The van der Waals surface area contributed by atoms with Gasteiger partial charge in [-0.15, -0.1) is 12.4 Å². The molecule has 0 aromatic heterocycles. The highest BCUT2D eigenvalue weighted by atomic mass is 35.5. The summed E-state index contributed by atoms with van der Waals surface area (Å²) in [5.74, 6) is 0.232. The number of unbranched alkanes of at least 4 members (excludes halogenated alkanes) is 2. The van der Waals surface area contributed by atoms with Crippen molar-refractivity contribution in [3.8, 4) is 0 Å². The average molecular weight is 581 g/mol. The molecule has 0 unspecified atom stereocenters. The van der Waals surface area contributed by atoms with Crippen molar-refractivity contribution >= 4 is 24.0 Å². The van der Waals surface area contributed by atoms with E-state index in [0.29, 0.717) is 25.2 Å². The lowest BCUT2D eigenvalue weighted by atomic mass is 10.1. The van der Waals surface area contributed by atoms with Crippen LogP contribution in [-0.4, -0.2) is 79.6 Å². The van der Waals surface area contributed by atoms with Crippen LogP contribution in [0, 0.1) is 0 Å². The first kappa shape index (κ1) is 30.6. The van der Waals surface area contributed by atoms with Crippen molar-refractivity contribution in [1.29, 1.82) is 0 Å². The molecular weight excluding hydrogens is 541 g/mol. The maximum atomic E-state index is 13.0. The molecular formula is C30H40ClF3N4O2. The molecule has 5 rings (SSSR count). The Bertz CT molecular complexity index is 1120. The van der Waals surface area contributed by atoms with E-state index >= 15 is 0 Å². The molecule has 2 aromatic rings. The summed E-state index contributed by atoms with van der Waals surface area (Å²) in [6, 6.07) is 12.3. The van der Waals surface area contributed by atoms with E-state index in [1.165, 1.54) is 28.8 Å². The van der Waals surface area contributed by atoms with Crippen LogP contribution < -0.4 is 4.90 Å². The molecule has 3 aliphatic rings. The smallest absolute Gasteiger partial charge is 0.379 e. The highest BCUT2D eigenvalue weighted by Gasteiger charge is 2.31. The van der Waals surface area contributed by atoms with E-state index in [-0.39, 0.29) is 18.3 Å². The van der Waals surface area contributed by atoms with Gasteiger partial charge in [0, 0.05) is 71.0 Å². The topological polar surface area (TPSA) is 39.3 Å². The lowest BCUT2D eigenvalue weighted by molar-refractivity contribution is -0.137. The number of anilines is 1. The molecule has 3 aliphatic heterocycles. The number of morpholine rings is 1. The summed E-state index contributed by atoms with van der Waals surface area (Å²) in [6.45, 7) is 9.99. The molecule has 2 saturated heterocycles. The van der Waals surface area contributed by atoms with Gasteiger partial charge in [0.05, 0.1) is 18.8 Å². The molecule has 2 aromatic carbocycles. The van der Waals surface area contributed by atoms with Crippen LogP contribution in [0.1, 0.15) is 47.9 Å². The quantitative estimate of drug-likeness (QED) is 0.382. The summed E-state index contributed by atoms with van der Waals surface area (Å²) >= 11 is 0. The van der Waals surface area contributed by atoms with Crippen molar-refractivity contribution in [3.63, 3.8) is 0 Å². The second-order valence-corrected chi connectivity index (χ2v) is 10.9. The first-order valence-corrected chi connectivity index (χ1v) is 14.2. The number of carbonyl (C=O) groups is 1. The van der Waals surface area contributed by atoms with Crippen LogP contribution in [0.15, 0.2) is 42.5 Å². The fraction of sp³-hybridized carbons (Fsp3) is 0.567. The molecule has 0 bridgehead atoms. The Labute approximate surface area is 241 Å². The van der Waals surface area contributed by atoms with Gasteiger partial charge in [-0.3, -0.25) is 14.6 Å². The van der Waals surface area contributed by atoms with E-state index in [1.54, 1.807) is 6.07 Å². The molecule has 3 heterocycles. The Balaban J connectivity index is 0.00000370. The van der Waals surface area contributed by atoms with Crippen molar-refractivity contribution in [2.75, 3.05) is 63.9 Å². The number of ether oxygens (including phenoxy) is 1. The van der Waals surface area contributed by atoms with Gasteiger partial charge in [-0.25, -0.2) is 0 Å². The van der Waals surface area contributed by atoms with E-state index < -0.39 is 11.7 Å². The van der Waals surface area contributed by atoms with Gasteiger partial charge in [0.15, 0.2) is 0 Å². The summed E-state index contributed by atoms with van der Waals surface area (Å²) in [7, 11) is 0. The first-order chi connectivity index (χ1) is 18.8. The molecule has 40 heavy (non-hydrogen) atoms. The third-order valence-corrected chi connectivity index (χ3v) is 8.13. The second-order valence-electron chi connectivity index (χ2n) is 10.9. The van der Waals surface area contributed by atoms with Gasteiger partial charge >= 0.3 is 6.18 Å². The van der Waals surface area contributed by atoms with E-state index in [0.717, 1.165) is 90.9 Å². The summed E-state index contributed by atoms with van der Waals surface area (Å²) in [5.41, 5.74) is 3.89. The molecule has 6 nitrogen and oxygen atoms in total. The van der Waals surface area contributed by atoms with Crippen LogP contribution in [0.2, 0.25) is 0 Å². The third-order valence-electron chi connectivity index (χ3n) is 8.13. The summed E-state index contributed by atoms with van der Waals surface area (Å²) in [5, 5.41) is 0. The predicted octanol–water partition coefficient (Wildman–Crippen LogP) is 5.18. The van der Waals surface area contributed by atoms with E-state index in [4.69, 9.17) is 4.74 Å². The minimum Gasteiger partial charge on any atom is -0.379 e. The van der Waals surface area contributed by atoms with Crippen LogP contribution in [0.25, 0.3) is 0 Å². The molecule has 0 saturated carbocycles. The van der Waals surface area contributed by atoms with Gasteiger partial charge in [0.25, 0.3) is 0 Å². The number of fused-ring (bicyclic) bond motifs is 1. The Morgan fingerprint density at radius 2 is 1.57 bits per heavy atom. The largest absolute Gasteiger partial charge is 0.416 e. The van der Waals surface area contributed by atoms with E-state index in [2.05, 4.69) is 28.0 Å². The van der Waals surface area contributed by atoms with Gasteiger partial charge in [0.1, 0.15) is 0 Å². The third kappa shape index (κ3) is 8.12. The predicted molar refractivity (Wildman–Crippen MR) is 153 cm³/mol. The SMILES string of the molecule is Cl.O=C(CCCCCN1CCN(c2cccc(C(F)(F)F)c2)CC1)N1Cc2ccc(CN3CCOCC3)cc2C1. The summed E-state index contributed by atoms with van der Waals surface area (Å²) < 4.78 is 44.5. The average Bonchev–Trinajstić information content (AvgIpc) is 3.37. The molecule has 1 amide bonds. The number of hydrogen-bond acceptors (Lipinski definition) is 5. The van der Waals surface area contributed by atoms with Crippen molar-refractivity contribution in [3.05, 3.63) is 64.7 Å². The zero-order valence-electron chi connectivity index (χ0n) is 23.0. The molecule has 220 valence electrons. The van der Waals surface area contributed by atoms with E-state index in [1.807, 2.05) is 9.80 Å². The number of hydrogen-bond donors (Lipinski definition) is 0. The number of alkyl halides is 3. The molecule has 0 atom stereocenters. The number of nitrogens with zero attached hydrogens (tertiary/aromatic N) is 4. The van der Waals surface area contributed by atoms with E-state index in [9.17, 15) is 18.0 Å². The Hall–Kier alpha value is -2.33. The number of halogens is 4. The lowest BCUT2D eigenvalue weighted by Gasteiger charge is -2.36. The molecule has 0 N–H and O–H groups in total. The van der Waals surface area contributed by atoms with Gasteiger partial charge in [-0.05, 0) is 54.3 Å². The molecule has 0 spiro atoms. The number of amides is 1. The van der Waals surface area contributed by atoms with Crippen molar-refractivity contribution in [1.82, 2.24) is 14.7 Å². The molecule has 10 heteroatoms. The summed E-state index contributed by atoms with van der Waals surface area (Å²) in [6.07, 6.45) is -0.813. The number of rotatable bonds is 9. The summed E-state index contributed by atoms with van der Waals surface area (Å²) in [4.78, 5) is 21.7. The highest BCUT2D eigenvalue weighted by Crippen LogP contribution is 2.32. The maximum absolute atomic E-state index is 13.0. The van der Waals surface area contributed by atoms with Crippen LogP contribution in [0.4, 0.5) is 18.9 Å². The fourth-order valence-electron chi connectivity index (χ4n) is 5.80.